The first-order valence-corrected chi connectivity index (χ1v) is 14.5. The number of ketones is 1. The van der Waals surface area contributed by atoms with Crippen molar-refractivity contribution < 1.29 is 19.1 Å². The molecule has 0 spiro atoms. The zero-order valence-electron chi connectivity index (χ0n) is 21.3. The number of pyridine rings is 1. The molecule has 10 heteroatoms. The summed E-state index contributed by atoms with van der Waals surface area (Å²) < 4.78 is 6.45. The molecule has 7 rings (SSSR count). The van der Waals surface area contributed by atoms with Crippen LogP contribution in [0.5, 0.6) is 0 Å². The van der Waals surface area contributed by atoms with Gasteiger partial charge in [0.2, 0.25) is 10.9 Å². The molecule has 200 valence electrons. The van der Waals surface area contributed by atoms with Crippen LogP contribution in [-0.4, -0.2) is 32.0 Å². The zero-order valence-corrected chi connectivity index (χ0v) is 22.9. The van der Waals surface area contributed by atoms with E-state index in [4.69, 9.17) is 4.42 Å². The lowest BCUT2D eigenvalue weighted by Gasteiger charge is -2.23. The molecule has 41 heavy (non-hydrogen) atoms. The maximum absolute atomic E-state index is 13.8. The highest BCUT2D eigenvalue weighted by Gasteiger charge is 2.46. The minimum atomic E-state index is -0.935. The minimum Gasteiger partial charge on any atom is -0.503 e. The molecule has 0 saturated carbocycles. The van der Waals surface area contributed by atoms with E-state index < -0.39 is 23.5 Å². The van der Waals surface area contributed by atoms with Gasteiger partial charge in [-0.3, -0.25) is 19.5 Å². The molecular formula is C31H20N4O4S2. The summed E-state index contributed by atoms with van der Waals surface area (Å²) in [6.07, 6.45) is 3.14. The van der Waals surface area contributed by atoms with E-state index in [9.17, 15) is 14.7 Å². The number of aliphatic hydroxyl groups excluding tert-OH is 1. The standard InChI is InChI=1S/C31H20N4O4S2/c36-27(24-16-20-7-2-4-11-23(20)39-24)25-26(19-12-14-32-15-13-19)35(29(38)28(25)37)30-33-34-31(41-30)40-17-21-9-5-8-18-6-1-3-10-22(18)21/h1-16,26,37H,17H2. The van der Waals surface area contributed by atoms with Crippen molar-refractivity contribution in [2.24, 2.45) is 0 Å². The van der Waals surface area contributed by atoms with Crippen LogP contribution in [0.4, 0.5) is 5.13 Å². The van der Waals surface area contributed by atoms with Crippen LogP contribution in [0.25, 0.3) is 21.7 Å². The van der Waals surface area contributed by atoms with Crippen LogP contribution >= 0.6 is 23.1 Å². The van der Waals surface area contributed by atoms with Gasteiger partial charge in [0.1, 0.15) is 5.58 Å². The maximum atomic E-state index is 13.8. The number of para-hydroxylation sites is 1. The average Bonchev–Trinajstić information content (AvgIpc) is 3.72. The molecule has 1 N–H and O–H groups in total. The Kier molecular flexibility index (Phi) is 6.33. The average molecular weight is 577 g/mol. The Morgan fingerprint density at radius 1 is 0.951 bits per heavy atom. The number of amides is 1. The van der Waals surface area contributed by atoms with Crippen LogP contribution < -0.4 is 4.90 Å². The number of carbonyl (C=O) groups excluding carboxylic acids is 2. The molecule has 6 aromatic rings. The Morgan fingerprint density at radius 3 is 2.54 bits per heavy atom. The van der Waals surface area contributed by atoms with Crippen molar-refractivity contribution in [3.63, 3.8) is 0 Å². The lowest BCUT2D eigenvalue weighted by atomic mass is 9.96. The van der Waals surface area contributed by atoms with Crippen LogP contribution in [0.3, 0.4) is 0 Å². The van der Waals surface area contributed by atoms with Crippen molar-refractivity contribution in [1.82, 2.24) is 15.2 Å². The molecule has 1 atom stereocenters. The van der Waals surface area contributed by atoms with Crippen LogP contribution in [0.1, 0.15) is 27.7 Å². The molecule has 0 fully saturated rings. The van der Waals surface area contributed by atoms with Crippen molar-refractivity contribution in [2.75, 3.05) is 4.90 Å². The Balaban J connectivity index is 1.22. The highest BCUT2D eigenvalue weighted by atomic mass is 32.2. The smallest absolute Gasteiger partial charge is 0.296 e. The number of rotatable bonds is 7. The molecule has 4 heterocycles. The van der Waals surface area contributed by atoms with Gasteiger partial charge in [0.25, 0.3) is 5.91 Å². The van der Waals surface area contributed by atoms with Gasteiger partial charge in [0.05, 0.1) is 11.6 Å². The molecule has 0 aliphatic carbocycles. The number of aromatic nitrogens is 3. The van der Waals surface area contributed by atoms with Gasteiger partial charge in [-0.15, -0.1) is 10.2 Å². The van der Waals surface area contributed by atoms with Gasteiger partial charge in [0, 0.05) is 23.5 Å². The fraction of sp³-hybridized carbons (Fsp3) is 0.0645. The monoisotopic (exact) mass is 576 g/mol. The topological polar surface area (TPSA) is 109 Å². The highest BCUT2D eigenvalue weighted by molar-refractivity contribution is 8.00. The quantitative estimate of drug-likeness (QED) is 0.124. The molecule has 3 aromatic heterocycles. The van der Waals surface area contributed by atoms with Crippen LogP contribution in [0.2, 0.25) is 0 Å². The molecule has 8 nitrogen and oxygen atoms in total. The third-order valence-corrected chi connectivity index (χ3v) is 9.06. The molecule has 1 amide bonds. The first kappa shape index (κ1) is 25.2. The first-order valence-electron chi connectivity index (χ1n) is 12.7. The second-order valence-electron chi connectivity index (χ2n) is 9.38. The number of benzene rings is 3. The second kappa shape index (κ2) is 10.3. The number of aliphatic hydroxyl groups is 1. The molecule has 1 unspecified atom stereocenters. The summed E-state index contributed by atoms with van der Waals surface area (Å²) in [5.74, 6) is -1.25. The summed E-state index contributed by atoms with van der Waals surface area (Å²) in [7, 11) is 0. The van der Waals surface area contributed by atoms with Gasteiger partial charge in [-0.1, -0.05) is 83.8 Å². The molecule has 1 aliphatic heterocycles. The predicted octanol–water partition coefficient (Wildman–Crippen LogP) is 6.91. The third-order valence-electron chi connectivity index (χ3n) is 6.96. The third kappa shape index (κ3) is 4.47. The van der Waals surface area contributed by atoms with E-state index in [0.717, 1.165) is 16.3 Å². The summed E-state index contributed by atoms with van der Waals surface area (Å²) in [4.78, 5) is 32.7. The number of hydrogen-bond donors (Lipinski definition) is 1. The summed E-state index contributed by atoms with van der Waals surface area (Å²) in [5.41, 5.74) is 2.21. The van der Waals surface area contributed by atoms with E-state index >= 15 is 0 Å². The number of thioether (sulfide) groups is 1. The molecule has 0 bridgehead atoms. The Labute approximate surface area is 242 Å². The molecule has 0 radical (unpaired) electrons. The van der Waals surface area contributed by atoms with Gasteiger partial charge in [-0.05, 0) is 46.2 Å². The van der Waals surface area contributed by atoms with Gasteiger partial charge in [-0.25, -0.2) is 0 Å². The molecule has 0 saturated heterocycles. The fourth-order valence-corrected chi connectivity index (χ4v) is 6.91. The maximum Gasteiger partial charge on any atom is 0.296 e. The molecule has 3 aromatic carbocycles. The van der Waals surface area contributed by atoms with Crippen LogP contribution in [0, 0.1) is 0 Å². The van der Waals surface area contributed by atoms with Gasteiger partial charge in [0.15, 0.2) is 15.9 Å². The summed E-state index contributed by atoms with van der Waals surface area (Å²) in [5, 5.41) is 23.0. The van der Waals surface area contributed by atoms with E-state index in [-0.39, 0.29) is 16.5 Å². The lowest BCUT2D eigenvalue weighted by Crippen LogP contribution is -2.31. The molecule has 1 aliphatic rings. The van der Waals surface area contributed by atoms with Gasteiger partial charge < -0.3 is 9.52 Å². The summed E-state index contributed by atoms with van der Waals surface area (Å²) >= 11 is 2.74. The number of furan rings is 1. The summed E-state index contributed by atoms with van der Waals surface area (Å²) in [6, 6.07) is 25.7. The van der Waals surface area contributed by atoms with Gasteiger partial charge in [-0.2, -0.15) is 0 Å². The van der Waals surface area contributed by atoms with E-state index in [1.165, 1.54) is 33.4 Å². The Bertz CT molecular complexity index is 1940. The minimum absolute atomic E-state index is 0.0325. The normalized spacial score (nSPS) is 15.4. The van der Waals surface area contributed by atoms with E-state index in [1.54, 1.807) is 36.7 Å². The van der Waals surface area contributed by atoms with Crippen molar-refractivity contribution in [3.05, 3.63) is 126 Å². The fourth-order valence-electron chi connectivity index (χ4n) is 5.04. The van der Waals surface area contributed by atoms with E-state index in [2.05, 4.69) is 39.4 Å². The Hall–Kier alpha value is -4.80. The highest BCUT2D eigenvalue weighted by Crippen LogP contribution is 2.44. The SMILES string of the molecule is O=C(C1=C(O)C(=O)N(c2nnc(SCc3cccc4ccccc34)s2)C1c1ccncc1)c1cc2ccccc2o1. The van der Waals surface area contributed by atoms with Crippen molar-refractivity contribution in [3.8, 4) is 0 Å². The number of nitrogens with zero attached hydrogens (tertiary/aromatic N) is 4. The second-order valence-corrected chi connectivity index (χ2v) is 11.6. The number of hydrogen-bond acceptors (Lipinski definition) is 9. The van der Waals surface area contributed by atoms with E-state index in [0.29, 0.717) is 21.2 Å². The van der Waals surface area contributed by atoms with E-state index in [1.807, 2.05) is 36.4 Å². The van der Waals surface area contributed by atoms with Crippen molar-refractivity contribution in [2.45, 2.75) is 16.1 Å². The number of Topliss-reactive ketones (excluding diaryl/α,β-unsaturated/α-hetero) is 1. The zero-order chi connectivity index (χ0) is 27.9. The largest absolute Gasteiger partial charge is 0.503 e. The number of fused-ring (bicyclic) bond motifs is 2. The van der Waals surface area contributed by atoms with Crippen LogP contribution in [-0.2, 0) is 10.5 Å². The van der Waals surface area contributed by atoms with Crippen molar-refractivity contribution >= 4 is 61.7 Å². The molecular weight excluding hydrogens is 556 g/mol. The number of carbonyl (C=O) groups is 2. The predicted molar refractivity (Wildman–Crippen MR) is 158 cm³/mol. The first-order chi connectivity index (χ1) is 20.1. The van der Waals surface area contributed by atoms with Crippen molar-refractivity contribution in [1.29, 1.82) is 0 Å². The summed E-state index contributed by atoms with van der Waals surface area (Å²) in [6.45, 7) is 0. The Morgan fingerprint density at radius 2 is 1.71 bits per heavy atom. The number of anilines is 1. The van der Waals surface area contributed by atoms with Gasteiger partial charge >= 0.3 is 0 Å². The van der Waals surface area contributed by atoms with Crippen LogP contribution in [0.15, 0.2) is 117 Å². The lowest BCUT2D eigenvalue weighted by molar-refractivity contribution is -0.117.